The molecule has 0 saturated heterocycles. The van der Waals surface area contributed by atoms with Crippen LogP contribution in [0.4, 0.5) is 0 Å². The van der Waals surface area contributed by atoms with Gasteiger partial charge in [-0.2, -0.15) is 0 Å². The quantitative estimate of drug-likeness (QED) is 0.903. The van der Waals surface area contributed by atoms with E-state index in [-0.39, 0.29) is 0 Å². The summed E-state index contributed by atoms with van der Waals surface area (Å²) in [6, 6.07) is 12.1. The minimum Gasteiger partial charge on any atom is -0.315 e. The van der Waals surface area contributed by atoms with Crippen LogP contribution in [-0.2, 0) is 6.54 Å². The van der Waals surface area contributed by atoms with Crippen LogP contribution in [0, 0.1) is 11.3 Å². The molecule has 2 heteroatoms. The fourth-order valence-electron chi connectivity index (χ4n) is 3.75. The van der Waals surface area contributed by atoms with Crippen LogP contribution in [0.15, 0.2) is 30.3 Å². The number of likely N-dealkylation sites (N-methyl/N-ethyl adjacent to an activating group) is 2. The smallest absolute Gasteiger partial charge is 0.0252 e. The molecule has 1 fully saturated rings. The van der Waals surface area contributed by atoms with Gasteiger partial charge in [0.15, 0.2) is 0 Å². The maximum atomic E-state index is 3.55. The molecule has 0 amide bonds. The summed E-state index contributed by atoms with van der Waals surface area (Å²) in [5, 5.41) is 3.55. The monoisotopic (exact) mass is 288 g/mol. The van der Waals surface area contributed by atoms with Gasteiger partial charge in [0.05, 0.1) is 0 Å². The second-order valence-corrected chi connectivity index (χ2v) is 7.74. The third-order valence-electron chi connectivity index (χ3n) is 5.25. The minimum atomic E-state index is 0.421. The van der Waals surface area contributed by atoms with Crippen molar-refractivity contribution in [3.8, 4) is 0 Å². The highest BCUT2D eigenvalue weighted by Crippen LogP contribution is 2.39. The van der Waals surface area contributed by atoms with Crippen molar-refractivity contribution >= 4 is 0 Å². The Morgan fingerprint density at radius 1 is 1.14 bits per heavy atom. The highest BCUT2D eigenvalue weighted by molar-refractivity contribution is 5.14. The molecule has 0 heterocycles. The lowest BCUT2D eigenvalue weighted by Crippen LogP contribution is -2.52. The van der Waals surface area contributed by atoms with E-state index < -0.39 is 0 Å². The number of hydrogen-bond acceptors (Lipinski definition) is 2. The van der Waals surface area contributed by atoms with Gasteiger partial charge in [-0.05, 0) is 50.3 Å². The van der Waals surface area contributed by atoms with E-state index in [1.807, 2.05) is 0 Å². The third kappa shape index (κ3) is 4.31. The average molecular weight is 288 g/mol. The van der Waals surface area contributed by atoms with Gasteiger partial charge < -0.3 is 5.32 Å². The van der Waals surface area contributed by atoms with Crippen LogP contribution in [0.5, 0.6) is 0 Å². The Kier molecular flexibility index (Phi) is 5.45. The molecule has 1 N–H and O–H groups in total. The number of hydrogen-bond donors (Lipinski definition) is 1. The van der Waals surface area contributed by atoms with Crippen LogP contribution in [0.2, 0.25) is 0 Å². The number of nitrogens with one attached hydrogen (secondary N) is 1. The summed E-state index contributed by atoms with van der Waals surface area (Å²) in [5.41, 5.74) is 1.83. The molecule has 0 radical (unpaired) electrons. The van der Waals surface area contributed by atoms with E-state index in [0.717, 1.165) is 12.5 Å². The largest absolute Gasteiger partial charge is 0.315 e. The van der Waals surface area contributed by atoms with Crippen molar-refractivity contribution < 1.29 is 0 Å². The summed E-state index contributed by atoms with van der Waals surface area (Å²) >= 11 is 0. The van der Waals surface area contributed by atoms with Gasteiger partial charge in [0.25, 0.3) is 0 Å². The summed E-state index contributed by atoms with van der Waals surface area (Å²) in [7, 11) is 4.40. The number of nitrogens with zero attached hydrogens (tertiary/aromatic N) is 1. The lowest BCUT2D eigenvalue weighted by atomic mass is 9.69. The molecule has 1 aliphatic carbocycles. The van der Waals surface area contributed by atoms with Gasteiger partial charge in [-0.1, -0.05) is 51.1 Å². The third-order valence-corrected chi connectivity index (χ3v) is 5.25. The molecule has 2 rings (SSSR count). The van der Waals surface area contributed by atoms with Crippen LogP contribution >= 0.6 is 0 Å². The summed E-state index contributed by atoms with van der Waals surface area (Å²) < 4.78 is 0. The van der Waals surface area contributed by atoms with E-state index in [1.54, 1.807) is 0 Å². The first kappa shape index (κ1) is 16.5. The lowest BCUT2D eigenvalue weighted by Gasteiger charge is -2.45. The van der Waals surface area contributed by atoms with Crippen LogP contribution in [0.25, 0.3) is 0 Å². The van der Waals surface area contributed by atoms with E-state index in [0.29, 0.717) is 17.5 Å². The van der Waals surface area contributed by atoms with Gasteiger partial charge >= 0.3 is 0 Å². The first-order valence-corrected chi connectivity index (χ1v) is 8.33. The molecule has 3 unspecified atom stereocenters. The van der Waals surface area contributed by atoms with E-state index in [2.05, 4.69) is 75.4 Å². The Morgan fingerprint density at radius 3 is 2.38 bits per heavy atom. The predicted octanol–water partition coefficient (Wildman–Crippen LogP) is 3.92. The van der Waals surface area contributed by atoms with E-state index >= 15 is 0 Å². The Bertz CT molecular complexity index is 421. The molecule has 118 valence electrons. The summed E-state index contributed by atoms with van der Waals surface area (Å²) in [4.78, 5) is 2.55. The van der Waals surface area contributed by atoms with Crippen LogP contribution in [0.1, 0.15) is 45.6 Å². The lowest BCUT2D eigenvalue weighted by molar-refractivity contribution is 0.0711. The van der Waals surface area contributed by atoms with Crippen LogP contribution in [0.3, 0.4) is 0 Å². The van der Waals surface area contributed by atoms with Crippen molar-refractivity contribution in [1.82, 2.24) is 10.2 Å². The van der Waals surface area contributed by atoms with Crippen molar-refractivity contribution in [1.29, 1.82) is 0 Å². The SMILES string of the molecule is CNC1CCC(C(C)(C)C)CC1N(C)Cc1ccccc1. The zero-order chi connectivity index (χ0) is 15.5. The Hall–Kier alpha value is -0.860. The predicted molar refractivity (Wildman–Crippen MR) is 91.3 cm³/mol. The number of rotatable bonds is 4. The molecular formula is C19H32N2. The highest BCUT2D eigenvalue weighted by atomic mass is 15.2. The summed E-state index contributed by atoms with van der Waals surface area (Å²) in [6.45, 7) is 8.23. The van der Waals surface area contributed by atoms with Crippen molar-refractivity contribution in [2.75, 3.05) is 14.1 Å². The van der Waals surface area contributed by atoms with Crippen molar-refractivity contribution in [3.63, 3.8) is 0 Å². The second kappa shape index (κ2) is 6.93. The van der Waals surface area contributed by atoms with Gasteiger partial charge in [-0.25, -0.2) is 0 Å². The number of benzene rings is 1. The molecular weight excluding hydrogens is 256 g/mol. The molecule has 0 spiro atoms. The molecule has 3 atom stereocenters. The normalized spacial score (nSPS) is 27.0. The minimum absolute atomic E-state index is 0.421. The maximum Gasteiger partial charge on any atom is 0.0252 e. The molecule has 0 aliphatic heterocycles. The van der Waals surface area contributed by atoms with E-state index in [1.165, 1.54) is 24.8 Å². The average Bonchev–Trinajstić information content (AvgIpc) is 2.46. The molecule has 0 bridgehead atoms. The Balaban J connectivity index is 2.06. The van der Waals surface area contributed by atoms with Crippen molar-refractivity contribution in [2.45, 2.75) is 58.7 Å². The molecule has 1 aromatic carbocycles. The Labute approximate surface area is 130 Å². The van der Waals surface area contributed by atoms with Crippen molar-refractivity contribution in [3.05, 3.63) is 35.9 Å². The molecule has 21 heavy (non-hydrogen) atoms. The maximum absolute atomic E-state index is 3.55. The fourth-order valence-corrected chi connectivity index (χ4v) is 3.75. The summed E-state index contributed by atoms with van der Waals surface area (Å²) in [5.74, 6) is 0.824. The first-order valence-electron chi connectivity index (χ1n) is 8.33. The zero-order valence-electron chi connectivity index (χ0n) is 14.4. The topological polar surface area (TPSA) is 15.3 Å². The standard InChI is InChI=1S/C19H32N2/c1-19(2,3)16-11-12-17(20-4)18(13-16)21(5)14-15-9-7-6-8-10-15/h6-10,16-18,20H,11-14H2,1-5H3. The highest BCUT2D eigenvalue weighted by Gasteiger charge is 2.36. The van der Waals surface area contributed by atoms with E-state index in [9.17, 15) is 0 Å². The van der Waals surface area contributed by atoms with Gasteiger partial charge in [0.2, 0.25) is 0 Å². The Morgan fingerprint density at radius 2 is 1.81 bits per heavy atom. The molecule has 2 nitrogen and oxygen atoms in total. The van der Waals surface area contributed by atoms with Crippen LogP contribution < -0.4 is 5.32 Å². The van der Waals surface area contributed by atoms with E-state index in [4.69, 9.17) is 0 Å². The van der Waals surface area contributed by atoms with Gasteiger partial charge in [-0.15, -0.1) is 0 Å². The van der Waals surface area contributed by atoms with Gasteiger partial charge in [0, 0.05) is 18.6 Å². The molecule has 1 saturated carbocycles. The summed E-state index contributed by atoms with van der Waals surface area (Å²) in [6.07, 6.45) is 3.95. The molecule has 0 aromatic heterocycles. The molecule has 1 aromatic rings. The van der Waals surface area contributed by atoms with Crippen molar-refractivity contribution in [2.24, 2.45) is 11.3 Å². The fraction of sp³-hybridized carbons (Fsp3) is 0.684. The molecule has 1 aliphatic rings. The zero-order valence-corrected chi connectivity index (χ0v) is 14.4. The van der Waals surface area contributed by atoms with Crippen LogP contribution in [-0.4, -0.2) is 31.1 Å². The van der Waals surface area contributed by atoms with Gasteiger partial charge in [-0.3, -0.25) is 4.90 Å². The second-order valence-electron chi connectivity index (χ2n) is 7.74. The first-order chi connectivity index (χ1) is 9.91. The van der Waals surface area contributed by atoms with Gasteiger partial charge in [0.1, 0.15) is 0 Å².